The molecule has 0 bridgehead atoms. The standard InChI is InChI=1S/C14H14N2O/c15-12-7-11(12)9-5-6-13(16-8-9)10-3-1-2-4-14(10)17/h1-6,8,11-12,17H,7,15H2. The Morgan fingerprint density at radius 3 is 2.53 bits per heavy atom. The van der Waals surface area contributed by atoms with Crippen molar-refractivity contribution in [3.63, 3.8) is 0 Å². The van der Waals surface area contributed by atoms with E-state index in [2.05, 4.69) is 4.98 Å². The van der Waals surface area contributed by atoms with Crippen molar-refractivity contribution in [2.45, 2.75) is 18.4 Å². The molecule has 1 saturated carbocycles. The van der Waals surface area contributed by atoms with Gasteiger partial charge in [-0.25, -0.2) is 0 Å². The van der Waals surface area contributed by atoms with Crippen molar-refractivity contribution in [2.24, 2.45) is 5.73 Å². The van der Waals surface area contributed by atoms with Crippen molar-refractivity contribution in [2.75, 3.05) is 0 Å². The van der Waals surface area contributed by atoms with Crippen molar-refractivity contribution < 1.29 is 5.11 Å². The van der Waals surface area contributed by atoms with Gasteiger partial charge in [0.25, 0.3) is 0 Å². The van der Waals surface area contributed by atoms with Crippen LogP contribution in [0, 0.1) is 0 Å². The fourth-order valence-electron chi connectivity index (χ4n) is 2.07. The number of aromatic nitrogens is 1. The molecule has 3 rings (SSSR count). The second-order valence-corrected chi connectivity index (χ2v) is 4.50. The molecule has 2 atom stereocenters. The first kappa shape index (κ1) is 10.3. The Morgan fingerprint density at radius 1 is 1.18 bits per heavy atom. The average molecular weight is 226 g/mol. The second kappa shape index (κ2) is 3.86. The summed E-state index contributed by atoms with van der Waals surface area (Å²) in [7, 11) is 0. The molecule has 1 aliphatic rings. The number of nitrogens with zero attached hydrogens (tertiary/aromatic N) is 1. The number of phenols is 1. The Balaban J connectivity index is 1.92. The highest BCUT2D eigenvalue weighted by atomic mass is 16.3. The number of para-hydroxylation sites is 1. The molecule has 1 aromatic heterocycles. The number of hydrogen-bond donors (Lipinski definition) is 2. The highest BCUT2D eigenvalue weighted by Gasteiger charge is 2.34. The van der Waals surface area contributed by atoms with Gasteiger partial charge in [0.15, 0.2) is 0 Å². The lowest BCUT2D eigenvalue weighted by atomic mass is 10.1. The van der Waals surface area contributed by atoms with Crippen molar-refractivity contribution in [1.29, 1.82) is 0 Å². The summed E-state index contributed by atoms with van der Waals surface area (Å²) in [6, 6.07) is 11.5. The highest BCUT2D eigenvalue weighted by Crippen LogP contribution is 2.39. The van der Waals surface area contributed by atoms with E-state index in [4.69, 9.17) is 5.73 Å². The minimum Gasteiger partial charge on any atom is -0.507 e. The number of rotatable bonds is 2. The Morgan fingerprint density at radius 2 is 1.94 bits per heavy atom. The van der Waals surface area contributed by atoms with Crippen molar-refractivity contribution in [3.05, 3.63) is 48.2 Å². The van der Waals surface area contributed by atoms with Crippen LogP contribution in [0.25, 0.3) is 11.3 Å². The van der Waals surface area contributed by atoms with Gasteiger partial charge >= 0.3 is 0 Å². The number of aromatic hydroxyl groups is 1. The molecule has 3 heteroatoms. The fraction of sp³-hybridized carbons (Fsp3) is 0.214. The Labute approximate surface area is 99.9 Å². The maximum Gasteiger partial charge on any atom is 0.124 e. The van der Waals surface area contributed by atoms with Gasteiger partial charge in [0.2, 0.25) is 0 Å². The van der Waals surface area contributed by atoms with E-state index in [0.717, 1.165) is 17.7 Å². The number of pyridine rings is 1. The van der Waals surface area contributed by atoms with Crippen LogP contribution in [0.4, 0.5) is 0 Å². The Hall–Kier alpha value is -1.87. The lowest BCUT2D eigenvalue weighted by molar-refractivity contribution is 0.477. The van der Waals surface area contributed by atoms with Gasteiger partial charge in [-0.05, 0) is 30.2 Å². The molecule has 0 saturated heterocycles. The predicted molar refractivity (Wildman–Crippen MR) is 66.7 cm³/mol. The van der Waals surface area contributed by atoms with Crippen LogP contribution in [-0.2, 0) is 0 Å². The van der Waals surface area contributed by atoms with Gasteiger partial charge < -0.3 is 10.8 Å². The number of nitrogens with two attached hydrogens (primary N) is 1. The predicted octanol–water partition coefficient (Wildman–Crippen LogP) is 2.27. The molecule has 2 unspecified atom stereocenters. The summed E-state index contributed by atoms with van der Waals surface area (Å²) in [5, 5.41) is 9.74. The minimum absolute atomic E-state index is 0.260. The zero-order valence-electron chi connectivity index (χ0n) is 9.38. The van der Waals surface area contributed by atoms with E-state index in [1.54, 1.807) is 12.1 Å². The normalized spacial score (nSPS) is 22.4. The van der Waals surface area contributed by atoms with Crippen LogP contribution in [0.3, 0.4) is 0 Å². The van der Waals surface area contributed by atoms with Gasteiger partial charge in [0.05, 0.1) is 5.69 Å². The zero-order valence-corrected chi connectivity index (χ0v) is 9.38. The number of phenolic OH excluding ortho intramolecular Hbond substituents is 1. The van der Waals surface area contributed by atoms with E-state index >= 15 is 0 Å². The average Bonchev–Trinajstić information content (AvgIpc) is 3.07. The van der Waals surface area contributed by atoms with Crippen LogP contribution in [-0.4, -0.2) is 16.1 Å². The Bertz CT molecular complexity index is 536. The molecule has 1 aromatic carbocycles. The molecule has 86 valence electrons. The highest BCUT2D eigenvalue weighted by molar-refractivity contribution is 5.66. The largest absolute Gasteiger partial charge is 0.507 e. The molecule has 3 N–H and O–H groups in total. The third-order valence-corrected chi connectivity index (χ3v) is 3.23. The summed E-state index contributed by atoms with van der Waals surface area (Å²) in [5.74, 6) is 0.733. The van der Waals surface area contributed by atoms with E-state index in [1.165, 1.54) is 5.56 Å². The lowest BCUT2D eigenvalue weighted by Gasteiger charge is -2.04. The monoisotopic (exact) mass is 226 g/mol. The molecule has 0 radical (unpaired) electrons. The third-order valence-electron chi connectivity index (χ3n) is 3.23. The summed E-state index contributed by atoms with van der Waals surface area (Å²) in [5.41, 5.74) is 8.55. The quantitative estimate of drug-likeness (QED) is 0.825. The summed E-state index contributed by atoms with van der Waals surface area (Å²) in [6.07, 6.45) is 2.91. The van der Waals surface area contributed by atoms with Crippen LogP contribution in [0.2, 0.25) is 0 Å². The van der Waals surface area contributed by atoms with Crippen LogP contribution < -0.4 is 5.73 Å². The maximum atomic E-state index is 9.74. The molecule has 0 amide bonds. The van der Waals surface area contributed by atoms with E-state index in [1.807, 2.05) is 30.5 Å². The van der Waals surface area contributed by atoms with E-state index in [0.29, 0.717) is 12.0 Å². The van der Waals surface area contributed by atoms with Crippen molar-refractivity contribution >= 4 is 0 Å². The molecule has 1 aliphatic carbocycles. The number of benzene rings is 1. The first-order valence-corrected chi connectivity index (χ1v) is 5.75. The molecule has 2 aromatic rings. The van der Waals surface area contributed by atoms with Crippen LogP contribution in [0.15, 0.2) is 42.6 Å². The van der Waals surface area contributed by atoms with E-state index in [-0.39, 0.29) is 5.75 Å². The van der Waals surface area contributed by atoms with Gasteiger partial charge in [-0.1, -0.05) is 18.2 Å². The molecule has 3 nitrogen and oxygen atoms in total. The summed E-state index contributed by atoms with van der Waals surface area (Å²) in [6.45, 7) is 0. The molecule has 0 spiro atoms. The van der Waals surface area contributed by atoms with Crippen LogP contribution in [0.5, 0.6) is 5.75 Å². The summed E-state index contributed by atoms with van der Waals surface area (Å²) >= 11 is 0. The molecular formula is C14H14N2O. The van der Waals surface area contributed by atoms with Crippen molar-refractivity contribution in [1.82, 2.24) is 4.98 Å². The molecule has 1 fully saturated rings. The maximum absolute atomic E-state index is 9.74. The first-order valence-electron chi connectivity index (χ1n) is 5.75. The van der Waals surface area contributed by atoms with E-state index < -0.39 is 0 Å². The smallest absolute Gasteiger partial charge is 0.124 e. The van der Waals surface area contributed by atoms with Gasteiger partial charge in [-0.3, -0.25) is 4.98 Å². The van der Waals surface area contributed by atoms with Gasteiger partial charge in [-0.15, -0.1) is 0 Å². The molecule has 0 aliphatic heterocycles. The molecule has 1 heterocycles. The van der Waals surface area contributed by atoms with Crippen LogP contribution in [0.1, 0.15) is 17.9 Å². The number of hydrogen-bond acceptors (Lipinski definition) is 3. The van der Waals surface area contributed by atoms with Crippen molar-refractivity contribution in [3.8, 4) is 17.0 Å². The summed E-state index contributed by atoms with van der Waals surface area (Å²) in [4.78, 5) is 4.39. The fourth-order valence-corrected chi connectivity index (χ4v) is 2.07. The summed E-state index contributed by atoms with van der Waals surface area (Å²) < 4.78 is 0. The van der Waals surface area contributed by atoms with Gasteiger partial charge in [-0.2, -0.15) is 0 Å². The third kappa shape index (κ3) is 1.89. The second-order valence-electron chi connectivity index (χ2n) is 4.50. The Kier molecular flexibility index (Phi) is 2.34. The zero-order chi connectivity index (χ0) is 11.8. The SMILES string of the molecule is NC1CC1c1ccc(-c2ccccc2O)nc1. The lowest BCUT2D eigenvalue weighted by Crippen LogP contribution is -2.01. The first-order chi connectivity index (χ1) is 8.25. The van der Waals surface area contributed by atoms with Gasteiger partial charge in [0, 0.05) is 23.7 Å². The van der Waals surface area contributed by atoms with E-state index in [9.17, 15) is 5.11 Å². The van der Waals surface area contributed by atoms with Gasteiger partial charge in [0.1, 0.15) is 5.75 Å². The minimum atomic E-state index is 0.260. The molecule has 17 heavy (non-hydrogen) atoms. The topological polar surface area (TPSA) is 59.1 Å². The van der Waals surface area contributed by atoms with Crippen LogP contribution >= 0.6 is 0 Å². The molecular weight excluding hydrogens is 212 g/mol.